The fraction of sp³-hybridized carbons (Fsp3) is 0.455. The maximum atomic E-state index is 9.70. The second-order valence-corrected chi connectivity index (χ2v) is 4.37. The molecule has 3 N–H and O–H groups in total. The van der Waals surface area contributed by atoms with E-state index in [9.17, 15) is 5.11 Å². The molecule has 0 saturated carbocycles. The number of phenols is 1. The van der Waals surface area contributed by atoms with Gasteiger partial charge < -0.3 is 15.5 Å². The van der Waals surface area contributed by atoms with Crippen LogP contribution in [-0.4, -0.2) is 23.4 Å². The van der Waals surface area contributed by atoms with E-state index in [0.29, 0.717) is 0 Å². The van der Waals surface area contributed by atoms with Gasteiger partial charge in [-0.3, -0.25) is 0 Å². The van der Waals surface area contributed by atoms with Crippen LogP contribution in [0.4, 0.5) is 0 Å². The molecule has 1 unspecified atom stereocenters. The van der Waals surface area contributed by atoms with Gasteiger partial charge in [-0.05, 0) is 32.0 Å². The Bertz CT molecular complexity index is 317. The molecule has 4 heteroatoms. The van der Waals surface area contributed by atoms with E-state index < -0.39 is 0 Å². The summed E-state index contributed by atoms with van der Waals surface area (Å²) in [5.74, 6) is 0.286. The zero-order valence-corrected chi connectivity index (χ0v) is 10.3. The van der Waals surface area contributed by atoms with Crippen molar-refractivity contribution in [1.82, 2.24) is 5.32 Å². The average Bonchev–Trinajstić information content (AvgIpc) is 2.17. The predicted molar refractivity (Wildman–Crippen MR) is 63.9 cm³/mol. The van der Waals surface area contributed by atoms with E-state index in [2.05, 4.69) is 21.2 Å². The largest absolute Gasteiger partial charge is 0.508 e. The average molecular weight is 274 g/mol. The van der Waals surface area contributed by atoms with Gasteiger partial charge in [-0.15, -0.1) is 0 Å². The molecule has 0 radical (unpaired) electrons. The Morgan fingerprint density at radius 2 is 2.20 bits per heavy atom. The Balaban J connectivity index is 2.61. The van der Waals surface area contributed by atoms with Gasteiger partial charge in [-0.1, -0.05) is 22.0 Å². The highest BCUT2D eigenvalue weighted by atomic mass is 79.9. The Kier molecular flexibility index (Phi) is 5.08. The van der Waals surface area contributed by atoms with Crippen LogP contribution < -0.4 is 5.32 Å². The van der Waals surface area contributed by atoms with Gasteiger partial charge in [-0.25, -0.2) is 0 Å². The first-order chi connectivity index (χ1) is 7.15. The van der Waals surface area contributed by atoms with Crippen molar-refractivity contribution in [1.29, 1.82) is 0 Å². The summed E-state index contributed by atoms with van der Waals surface area (Å²) in [6.07, 6.45) is 0.724. The van der Waals surface area contributed by atoms with Gasteiger partial charge in [-0.2, -0.15) is 0 Å². The van der Waals surface area contributed by atoms with E-state index in [-0.39, 0.29) is 18.4 Å². The molecular formula is C11H16BrNO2. The monoisotopic (exact) mass is 273 g/mol. The summed E-state index contributed by atoms with van der Waals surface area (Å²) in [6.45, 7) is 2.92. The highest BCUT2D eigenvalue weighted by molar-refractivity contribution is 9.10. The second kappa shape index (κ2) is 6.10. The zero-order valence-electron chi connectivity index (χ0n) is 8.70. The van der Waals surface area contributed by atoms with Crippen LogP contribution in [0.15, 0.2) is 22.7 Å². The maximum Gasteiger partial charge on any atom is 0.121 e. The lowest BCUT2D eigenvalue weighted by atomic mass is 10.1. The van der Waals surface area contributed by atoms with Gasteiger partial charge in [0.25, 0.3) is 0 Å². The van der Waals surface area contributed by atoms with Crippen molar-refractivity contribution in [3.05, 3.63) is 28.2 Å². The van der Waals surface area contributed by atoms with Gasteiger partial charge >= 0.3 is 0 Å². The number of rotatable bonds is 5. The molecule has 0 bridgehead atoms. The molecule has 15 heavy (non-hydrogen) atoms. The fourth-order valence-electron chi connectivity index (χ4n) is 1.39. The molecule has 0 aromatic heterocycles. The number of phenolic OH excluding ortho intramolecular Hbond substituents is 1. The molecule has 0 aliphatic heterocycles. The molecule has 0 saturated heterocycles. The normalized spacial score (nSPS) is 12.7. The van der Waals surface area contributed by atoms with E-state index in [1.807, 2.05) is 19.1 Å². The lowest BCUT2D eigenvalue weighted by Crippen LogP contribution is -2.20. The first kappa shape index (κ1) is 12.5. The van der Waals surface area contributed by atoms with E-state index in [1.54, 1.807) is 6.07 Å². The molecule has 84 valence electrons. The number of hydrogen-bond acceptors (Lipinski definition) is 3. The summed E-state index contributed by atoms with van der Waals surface area (Å²) in [5.41, 5.74) is 0.871. The summed E-state index contributed by atoms with van der Waals surface area (Å²) in [7, 11) is 0. The first-order valence-electron chi connectivity index (χ1n) is 4.98. The van der Waals surface area contributed by atoms with Crippen molar-refractivity contribution in [2.24, 2.45) is 0 Å². The van der Waals surface area contributed by atoms with Crippen LogP contribution in [0.1, 0.15) is 24.9 Å². The van der Waals surface area contributed by atoms with E-state index >= 15 is 0 Å². The molecule has 1 aromatic carbocycles. The number of aliphatic hydroxyl groups excluding tert-OH is 1. The van der Waals surface area contributed by atoms with E-state index in [0.717, 1.165) is 23.0 Å². The highest BCUT2D eigenvalue weighted by Crippen LogP contribution is 2.27. The Morgan fingerprint density at radius 1 is 1.47 bits per heavy atom. The van der Waals surface area contributed by atoms with E-state index in [1.165, 1.54) is 0 Å². The Hall–Kier alpha value is -0.580. The van der Waals surface area contributed by atoms with Gasteiger partial charge in [0.1, 0.15) is 5.75 Å². The van der Waals surface area contributed by atoms with E-state index in [4.69, 9.17) is 5.11 Å². The summed E-state index contributed by atoms with van der Waals surface area (Å²) in [4.78, 5) is 0. The van der Waals surface area contributed by atoms with Crippen molar-refractivity contribution in [2.45, 2.75) is 19.4 Å². The smallest absolute Gasteiger partial charge is 0.121 e. The summed E-state index contributed by atoms with van der Waals surface area (Å²) < 4.78 is 0.867. The van der Waals surface area contributed by atoms with Crippen LogP contribution in [-0.2, 0) is 0 Å². The van der Waals surface area contributed by atoms with Crippen LogP contribution in [0.2, 0.25) is 0 Å². The standard InChI is InChI=1S/C11H16BrNO2/c1-8(13-5-2-6-14)10-4-3-9(12)7-11(10)15/h3-4,7-8,13-15H,2,5-6H2,1H3. The summed E-state index contributed by atoms with van der Waals surface area (Å²) in [6, 6.07) is 5.55. The topological polar surface area (TPSA) is 52.5 Å². The Morgan fingerprint density at radius 3 is 2.80 bits per heavy atom. The molecule has 0 aliphatic rings. The van der Waals surface area contributed by atoms with Crippen molar-refractivity contribution in [2.75, 3.05) is 13.2 Å². The molecule has 0 heterocycles. The lowest BCUT2D eigenvalue weighted by molar-refractivity contribution is 0.283. The van der Waals surface area contributed by atoms with Gasteiger partial charge in [0.15, 0.2) is 0 Å². The van der Waals surface area contributed by atoms with Crippen LogP contribution in [0.3, 0.4) is 0 Å². The van der Waals surface area contributed by atoms with Crippen LogP contribution in [0.25, 0.3) is 0 Å². The van der Waals surface area contributed by atoms with Crippen molar-refractivity contribution in [3.8, 4) is 5.75 Å². The summed E-state index contributed by atoms with van der Waals surface area (Å²) in [5, 5.41) is 21.6. The number of benzene rings is 1. The van der Waals surface area contributed by atoms with Crippen molar-refractivity contribution < 1.29 is 10.2 Å². The summed E-state index contributed by atoms with van der Waals surface area (Å²) >= 11 is 3.30. The molecule has 0 spiro atoms. The first-order valence-corrected chi connectivity index (χ1v) is 5.77. The Labute approximate surface area is 98.3 Å². The quantitative estimate of drug-likeness (QED) is 0.721. The number of nitrogens with one attached hydrogen (secondary N) is 1. The van der Waals surface area contributed by atoms with Crippen molar-refractivity contribution in [3.63, 3.8) is 0 Å². The fourth-order valence-corrected chi connectivity index (χ4v) is 1.74. The third-order valence-electron chi connectivity index (χ3n) is 2.24. The molecule has 1 aromatic rings. The number of aliphatic hydroxyl groups is 1. The lowest BCUT2D eigenvalue weighted by Gasteiger charge is -2.15. The highest BCUT2D eigenvalue weighted by Gasteiger charge is 2.09. The predicted octanol–water partition coefficient (Wildman–Crippen LogP) is 2.19. The van der Waals surface area contributed by atoms with Gasteiger partial charge in [0, 0.05) is 22.7 Å². The minimum absolute atomic E-state index is 0.0876. The molecule has 0 aliphatic carbocycles. The molecule has 1 atom stereocenters. The van der Waals surface area contributed by atoms with Crippen LogP contribution in [0, 0.1) is 0 Å². The molecule has 0 fully saturated rings. The third kappa shape index (κ3) is 3.81. The molecule has 0 amide bonds. The molecule has 3 nitrogen and oxygen atoms in total. The van der Waals surface area contributed by atoms with Crippen LogP contribution >= 0.6 is 15.9 Å². The third-order valence-corrected chi connectivity index (χ3v) is 2.74. The number of aromatic hydroxyl groups is 1. The minimum atomic E-state index is 0.0876. The maximum absolute atomic E-state index is 9.70. The SMILES string of the molecule is CC(NCCCO)c1ccc(Br)cc1O. The molecule has 1 rings (SSSR count). The van der Waals surface area contributed by atoms with Crippen LogP contribution in [0.5, 0.6) is 5.75 Å². The molecular weight excluding hydrogens is 258 g/mol. The van der Waals surface area contributed by atoms with Crippen molar-refractivity contribution >= 4 is 15.9 Å². The van der Waals surface area contributed by atoms with Gasteiger partial charge in [0.2, 0.25) is 0 Å². The zero-order chi connectivity index (χ0) is 11.3. The second-order valence-electron chi connectivity index (χ2n) is 3.46. The number of halogens is 1. The minimum Gasteiger partial charge on any atom is -0.508 e. The number of hydrogen-bond donors (Lipinski definition) is 3. The van der Waals surface area contributed by atoms with Gasteiger partial charge in [0.05, 0.1) is 0 Å².